The Labute approximate surface area is 519 Å². The van der Waals surface area contributed by atoms with E-state index in [9.17, 15) is 43.5 Å². The van der Waals surface area contributed by atoms with Gasteiger partial charge < -0.3 is 35.4 Å². The molecule has 0 aliphatic rings. The molecule has 0 saturated heterocycles. The quantitative estimate of drug-likeness (QED) is 0.0205. The van der Waals surface area contributed by atoms with Crippen LogP contribution in [0, 0.1) is 6.92 Å². The lowest BCUT2D eigenvalue weighted by Crippen LogP contribution is -2.07. The maximum atomic E-state index is 11.3. The summed E-state index contributed by atoms with van der Waals surface area (Å²) in [6, 6.07) is 39.8. The standard InChI is InChI=1S/C15H10N2O3.C14H10N2O2.2C13H10N2O3.C12H8N2O4/c1-8(18)11-6-4-9-2-3-10-5-7-12(15(19)20)17-14(10)13(9)16-11;1-9-2-3-10-7-13-11(6-12(10)15-9)4-5-14(16-13)18-8-17;1-8(16)9-2-4-14-11(6-9)12-7-10(13(17)18)3-5-15-12;1-8(16)9-2-4-11(14-6-9)12-5-3-10(7-15-12)13(17)18;15-11(16)7-3-1-5-13-9(7)10-8(12(17)18)4-2-6-14-10/h2-7,18H,1H2,(H,19,20);2-8H,1H3;2*2-7H,1H3,(H,17,18);1-6H,(H,15,16)(H,17,18). The Bertz CT molecular complexity index is 4640. The van der Waals surface area contributed by atoms with Gasteiger partial charge in [0, 0.05) is 81.6 Å². The van der Waals surface area contributed by atoms with Crippen molar-refractivity contribution in [3.05, 3.63) is 240 Å². The summed E-state index contributed by atoms with van der Waals surface area (Å²) >= 11 is 0. The molecule has 0 atom stereocenters. The maximum Gasteiger partial charge on any atom is 0.354 e. The van der Waals surface area contributed by atoms with Crippen molar-refractivity contribution in [3.8, 4) is 40.0 Å². The third-order valence-corrected chi connectivity index (χ3v) is 13.0. The first-order chi connectivity index (χ1) is 44.1. The molecule has 0 saturated carbocycles. The molecule has 0 unspecified atom stereocenters. The van der Waals surface area contributed by atoms with Gasteiger partial charge in [0.1, 0.15) is 28.5 Å². The van der Waals surface area contributed by atoms with Crippen molar-refractivity contribution in [1.82, 2.24) is 49.8 Å². The number of hydrogen-bond acceptors (Lipinski definition) is 20. The highest BCUT2D eigenvalue weighted by molar-refractivity contribution is 6.05. The summed E-state index contributed by atoms with van der Waals surface area (Å²) in [5.41, 5.74) is 7.32. The summed E-state index contributed by atoms with van der Waals surface area (Å²) < 4.78 is 4.74. The monoisotopic (exact) mass is 1230 g/mol. The van der Waals surface area contributed by atoms with Crippen molar-refractivity contribution in [1.29, 1.82) is 0 Å². The number of Topliss-reactive ketones (excluding diaryl/α,β-unsaturated/α-hetero) is 2. The van der Waals surface area contributed by atoms with Crippen molar-refractivity contribution in [3.63, 3.8) is 0 Å². The summed E-state index contributed by atoms with van der Waals surface area (Å²) in [4.78, 5) is 129. The molecule has 0 fully saturated rings. The average molecular weight is 1230 g/mol. The number of carboxylic acids is 5. The number of fused-ring (bicyclic) bond motifs is 5. The van der Waals surface area contributed by atoms with Crippen LogP contribution >= 0.6 is 0 Å². The fourth-order valence-electron chi connectivity index (χ4n) is 8.44. The summed E-state index contributed by atoms with van der Waals surface area (Å²) in [7, 11) is 0. The first-order valence-corrected chi connectivity index (χ1v) is 26.9. The molecule has 25 heteroatoms. The van der Waals surface area contributed by atoms with Crippen molar-refractivity contribution >= 4 is 97.3 Å². The van der Waals surface area contributed by atoms with Crippen molar-refractivity contribution < 1.29 is 73.7 Å². The number of hydrogen-bond donors (Lipinski definition) is 6. The lowest BCUT2D eigenvalue weighted by atomic mass is 10.1. The van der Waals surface area contributed by atoms with Crippen LogP contribution in [0.3, 0.4) is 0 Å². The van der Waals surface area contributed by atoms with Gasteiger partial charge in [-0.1, -0.05) is 36.9 Å². The van der Waals surface area contributed by atoms with E-state index < -0.39 is 29.8 Å². The van der Waals surface area contributed by atoms with Crippen LogP contribution in [-0.2, 0) is 4.79 Å². The molecule has 6 N–H and O–H groups in total. The minimum absolute atomic E-state index is 0.0416. The molecular formula is C67H48N10O15. The van der Waals surface area contributed by atoms with Gasteiger partial charge in [0.2, 0.25) is 5.88 Å². The Morgan fingerprint density at radius 3 is 1.36 bits per heavy atom. The zero-order valence-corrected chi connectivity index (χ0v) is 48.4. The minimum Gasteiger partial charge on any atom is -0.506 e. The van der Waals surface area contributed by atoms with Crippen LogP contribution in [0.5, 0.6) is 5.88 Å². The van der Waals surface area contributed by atoms with Crippen LogP contribution in [0.1, 0.15) is 97.9 Å². The van der Waals surface area contributed by atoms with Gasteiger partial charge in [-0.2, -0.15) is 0 Å². The molecule has 92 heavy (non-hydrogen) atoms. The number of aromatic nitrogens is 10. The maximum absolute atomic E-state index is 11.3. The van der Waals surface area contributed by atoms with Crippen molar-refractivity contribution in [2.75, 3.05) is 0 Å². The lowest BCUT2D eigenvalue weighted by molar-refractivity contribution is -0.120. The van der Waals surface area contributed by atoms with Gasteiger partial charge in [0.25, 0.3) is 6.47 Å². The minimum atomic E-state index is -1.18. The van der Waals surface area contributed by atoms with Gasteiger partial charge in [-0.3, -0.25) is 49.3 Å². The number of carbonyl (C=O) groups is 8. The molecule has 0 radical (unpaired) electrons. The fourth-order valence-corrected chi connectivity index (χ4v) is 8.44. The van der Waals surface area contributed by atoms with Gasteiger partial charge in [0.15, 0.2) is 11.6 Å². The number of aryl methyl sites for hydroxylation is 1. The third kappa shape index (κ3) is 16.2. The normalized spacial score (nSPS) is 10.3. The van der Waals surface area contributed by atoms with Gasteiger partial charge >= 0.3 is 29.8 Å². The molecule has 0 amide bonds. The highest BCUT2D eigenvalue weighted by atomic mass is 16.5. The number of ketones is 2. The zero-order valence-electron chi connectivity index (χ0n) is 48.4. The highest BCUT2D eigenvalue weighted by Crippen LogP contribution is 2.27. The van der Waals surface area contributed by atoms with Gasteiger partial charge in [-0.05, 0) is 130 Å². The molecule has 10 heterocycles. The van der Waals surface area contributed by atoms with E-state index in [1.165, 1.54) is 99.6 Å². The van der Waals surface area contributed by atoms with Gasteiger partial charge in [-0.15, -0.1) is 0 Å². The number of carboxylic acid groups (broad SMARTS) is 5. The Balaban J connectivity index is 0.000000148. The second-order valence-electron chi connectivity index (χ2n) is 19.3. The number of aliphatic hydroxyl groups excluding tert-OH is 1. The van der Waals surface area contributed by atoms with E-state index in [1.807, 2.05) is 49.4 Å². The number of aromatic carboxylic acids is 5. The molecule has 2 aromatic carbocycles. The van der Waals surface area contributed by atoms with E-state index in [1.54, 1.807) is 54.6 Å². The largest absolute Gasteiger partial charge is 0.506 e. The molecule has 10 aromatic heterocycles. The first kappa shape index (κ1) is 64.7. The van der Waals surface area contributed by atoms with E-state index in [0.717, 1.165) is 38.3 Å². The van der Waals surface area contributed by atoms with Crippen molar-refractivity contribution in [2.24, 2.45) is 0 Å². The van der Waals surface area contributed by atoms with Crippen LogP contribution in [0.2, 0.25) is 0 Å². The topological polar surface area (TPSA) is 396 Å². The number of rotatable bonds is 13. The number of benzene rings is 2. The number of pyridine rings is 10. The second kappa shape index (κ2) is 29.4. The number of aliphatic hydroxyl groups is 1. The molecular weight excluding hydrogens is 1180 g/mol. The molecule has 0 aliphatic carbocycles. The predicted octanol–water partition coefficient (Wildman–Crippen LogP) is 11.3. The van der Waals surface area contributed by atoms with E-state index in [0.29, 0.717) is 63.0 Å². The lowest BCUT2D eigenvalue weighted by Gasteiger charge is -2.06. The van der Waals surface area contributed by atoms with E-state index in [4.69, 9.17) is 30.3 Å². The van der Waals surface area contributed by atoms with Gasteiger partial charge in [-0.25, -0.2) is 38.9 Å². The van der Waals surface area contributed by atoms with E-state index >= 15 is 0 Å². The highest BCUT2D eigenvalue weighted by Gasteiger charge is 2.20. The molecule has 0 aliphatic heterocycles. The third-order valence-electron chi connectivity index (χ3n) is 13.0. The number of ether oxygens (including phenoxy) is 1. The molecule has 12 aromatic rings. The molecule has 25 nitrogen and oxygen atoms in total. The molecule has 0 bridgehead atoms. The molecule has 12 rings (SSSR count). The van der Waals surface area contributed by atoms with Crippen LogP contribution in [0.4, 0.5) is 0 Å². The zero-order chi connectivity index (χ0) is 66.2. The van der Waals surface area contributed by atoms with Crippen LogP contribution in [0.15, 0.2) is 189 Å². The summed E-state index contributed by atoms with van der Waals surface area (Å²) in [5.74, 6) is -5.46. The predicted molar refractivity (Wildman–Crippen MR) is 334 cm³/mol. The van der Waals surface area contributed by atoms with Crippen LogP contribution < -0.4 is 4.74 Å². The number of carbonyl (C=O) groups excluding carboxylic acids is 3. The summed E-state index contributed by atoms with van der Waals surface area (Å²) in [6.07, 6.45) is 8.44. The van der Waals surface area contributed by atoms with E-state index in [2.05, 4.69) is 56.4 Å². The Morgan fingerprint density at radius 2 is 0.880 bits per heavy atom. The molecule has 0 spiro atoms. The van der Waals surface area contributed by atoms with Gasteiger partial charge in [0.05, 0.1) is 67.1 Å². The SMILES string of the molecule is C=C(O)c1ccc2ccc3ccc(C(=O)O)nc3c2n1.CC(=O)c1ccc(-c2ccc(C(=O)O)cn2)nc1.CC(=O)c1ccnc(-c2cc(C(=O)O)ccn2)c1.Cc1ccc2cc3nc(OC=O)ccc3cc2n1.O=C(O)c1cccnc1-c1ncccc1C(=O)O. The average Bonchev–Trinajstić information content (AvgIpc) is 0.811. The fraction of sp³-hybridized carbons (Fsp3) is 0.0448. The Kier molecular flexibility index (Phi) is 20.7. The van der Waals surface area contributed by atoms with Crippen molar-refractivity contribution in [2.45, 2.75) is 20.8 Å². The summed E-state index contributed by atoms with van der Waals surface area (Å²) in [6.45, 7) is 8.70. The second-order valence-corrected chi connectivity index (χ2v) is 19.3. The smallest absolute Gasteiger partial charge is 0.354 e. The Morgan fingerprint density at radius 1 is 0.413 bits per heavy atom. The van der Waals surface area contributed by atoms with Crippen LogP contribution in [0.25, 0.3) is 83.5 Å². The molecule has 456 valence electrons. The Hall–Kier alpha value is -13.3. The van der Waals surface area contributed by atoms with E-state index in [-0.39, 0.29) is 56.7 Å². The number of nitrogens with zero attached hydrogens (tertiary/aromatic N) is 10. The summed E-state index contributed by atoms with van der Waals surface area (Å²) in [5, 5.41) is 57.8. The first-order valence-electron chi connectivity index (χ1n) is 26.9. The van der Waals surface area contributed by atoms with Crippen LogP contribution in [-0.4, -0.2) is 128 Å².